The zero-order valence-corrected chi connectivity index (χ0v) is 17.1. The first-order chi connectivity index (χ1) is 14.8. The number of carbonyl (C=O) groups excluding carboxylic acids is 1. The third kappa shape index (κ3) is 3.64. The predicted octanol–water partition coefficient (Wildman–Crippen LogP) is 5.23. The molecule has 30 heavy (non-hydrogen) atoms. The van der Waals surface area contributed by atoms with Gasteiger partial charge in [0.2, 0.25) is 0 Å². The van der Waals surface area contributed by atoms with Gasteiger partial charge in [0, 0.05) is 12.1 Å². The molecule has 1 fully saturated rings. The highest BCUT2D eigenvalue weighted by Crippen LogP contribution is 2.38. The van der Waals surface area contributed by atoms with Crippen molar-refractivity contribution in [3.63, 3.8) is 0 Å². The molecule has 0 spiro atoms. The zero-order chi connectivity index (χ0) is 20.3. The Morgan fingerprint density at radius 3 is 2.63 bits per heavy atom. The van der Waals surface area contributed by atoms with Crippen LogP contribution in [0.1, 0.15) is 29.5 Å². The summed E-state index contributed by atoms with van der Waals surface area (Å²) < 4.78 is 5.57. The molecule has 1 aliphatic heterocycles. The van der Waals surface area contributed by atoms with Crippen LogP contribution < -0.4 is 0 Å². The summed E-state index contributed by atoms with van der Waals surface area (Å²) in [4.78, 5) is 29.1. The molecule has 2 aromatic carbocycles. The summed E-state index contributed by atoms with van der Waals surface area (Å²) in [6, 6.07) is 19.6. The fourth-order valence-corrected chi connectivity index (χ4v) is 4.82. The number of hydrogen-bond donors (Lipinski definition) is 0. The predicted molar refractivity (Wildman–Crippen MR) is 116 cm³/mol. The van der Waals surface area contributed by atoms with Crippen LogP contribution in [0.25, 0.3) is 21.6 Å². The molecule has 3 heterocycles. The van der Waals surface area contributed by atoms with Gasteiger partial charge >= 0.3 is 6.09 Å². The Balaban J connectivity index is 1.40. The van der Waals surface area contributed by atoms with E-state index in [9.17, 15) is 4.79 Å². The molecule has 6 nitrogen and oxygen atoms in total. The van der Waals surface area contributed by atoms with Gasteiger partial charge in [-0.05, 0) is 18.4 Å². The van der Waals surface area contributed by atoms with Crippen molar-refractivity contribution < 1.29 is 9.53 Å². The maximum Gasteiger partial charge on any atom is 0.410 e. The van der Waals surface area contributed by atoms with Crippen LogP contribution in [0.2, 0.25) is 0 Å². The molecule has 0 radical (unpaired) electrons. The van der Waals surface area contributed by atoms with Crippen molar-refractivity contribution in [1.29, 1.82) is 0 Å². The molecule has 0 aliphatic carbocycles. The molecule has 1 atom stereocenters. The van der Waals surface area contributed by atoms with Crippen molar-refractivity contribution in [2.75, 3.05) is 6.54 Å². The maximum atomic E-state index is 12.8. The molecule has 150 valence electrons. The lowest BCUT2D eigenvalue weighted by atomic mass is 10.1. The number of aromatic nitrogens is 3. The zero-order valence-electron chi connectivity index (χ0n) is 16.3. The number of fused-ring (bicyclic) bond motifs is 1. The van der Waals surface area contributed by atoms with Crippen molar-refractivity contribution in [2.24, 2.45) is 0 Å². The number of amides is 1. The van der Waals surface area contributed by atoms with Crippen molar-refractivity contribution in [2.45, 2.75) is 25.5 Å². The lowest BCUT2D eigenvalue weighted by Crippen LogP contribution is -2.31. The van der Waals surface area contributed by atoms with Gasteiger partial charge in [0.05, 0.1) is 6.04 Å². The Bertz CT molecular complexity index is 1160. The van der Waals surface area contributed by atoms with Crippen molar-refractivity contribution >= 4 is 27.8 Å². The topological polar surface area (TPSA) is 68.2 Å². The molecule has 5 rings (SSSR count). The summed E-state index contributed by atoms with van der Waals surface area (Å²) in [6.07, 6.45) is 3.08. The minimum Gasteiger partial charge on any atom is -0.445 e. The second-order valence-electron chi connectivity index (χ2n) is 7.19. The van der Waals surface area contributed by atoms with E-state index in [-0.39, 0.29) is 18.7 Å². The van der Waals surface area contributed by atoms with E-state index in [2.05, 4.69) is 9.97 Å². The molecule has 4 aromatic rings. The first-order valence-electron chi connectivity index (χ1n) is 9.94. The van der Waals surface area contributed by atoms with Crippen molar-refractivity contribution in [3.05, 3.63) is 77.6 Å². The van der Waals surface area contributed by atoms with E-state index in [1.807, 2.05) is 60.7 Å². The van der Waals surface area contributed by atoms with E-state index in [0.717, 1.165) is 45.0 Å². The molecule has 0 N–H and O–H groups in total. The van der Waals surface area contributed by atoms with E-state index in [1.54, 1.807) is 11.2 Å². The number of ether oxygens (including phenoxy) is 1. The molecule has 1 aliphatic rings. The van der Waals surface area contributed by atoms with E-state index in [4.69, 9.17) is 9.72 Å². The van der Waals surface area contributed by atoms with Crippen LogP contribution >= 0.6 is 11.3 Å². The van der Waals surface area contributed by atoms with Crippen LogP contribution in [0.15, 0.2) is 67.0 Å². The standard InChI is InChI=1S/C23H20N4O2S/c28-23(29-14-16-8-3-1-4-9-16)27-13-7-12-18(27)21-26-20-19(17-10-5-2-6-11-17)24-15-25-22(20)30-21/h1-6,8-11,15,18H,7,12-14H2/t18-/m0/s1. The van der Waals surface area contributed by atoms with Crippen LogP contribution in [0, 0.1) is 0 Å². The van der Waals surface area contributed by atoms with Crippen LogP contribution in [-0.4, -0.2) is 32.5 Å². The summed E-state index contributed by atoms with van der Waals surface area (Å²) >= 11 is 1.53. The molecular formula is C23H20N4O2S. The van der Waals surface area contributed by atoms with Crippen molar-refractivity contribution in [3.8, 4) is 11.3 Å². The Morgan fingerprint density at radius 2 is 1.83 bits per heavy atom. The van der Waals surface area contributed by atoms with Crippen LogP contribution in [-0.2, 0) is 11.3 Å². The highest BCUT2D eigenvalue weighted by molar-refractivity contribution is 7.18. The minimum atomic E-state index is -0.296. The number of rotatable bonds is 4. The molecule has 0 saturated carbocycles. The van der Waals surface area contributed by atoms with Gasteiger partial charge in [-0.3, -0.25) is 4.90 Å². The first-order valence-corrected chi connectivity index (χ1v) is 10.8. The third-order valence-electron chi connectivity index (χ3n) is 5.24. The fourth-order valence-electron chi connectivity index (χ4n) is 3.76. The minimum absolute atomic E-state index is 0.0869. The molecule has 1 amide bonds. The van der Waals surface area contributed by atoms with Gasteiger partial charge in [0.1, 0.15) is 34.0 Å². The van der Waals surface area contributed by atoms with Gasteiger partial charge in [0.15, 0.2) is 0 Å². The number of hydrogen-bond acceptors (Lipinski definition) is 6. The van der Waals surface area contributed by atoms with Crippen LogP contribution in [0.3, 0.4) is 0 Å². The van der Waals surface area contributed by atoms with Crippen LogP contribution in [0.4, 0.5) is 4.79 Å². The highest BCUT2D eigenvalue weighted by atomic mass is 32.1. The van der Waals surface area contributed by atoms with Gasteiger partial charge in [-0.15, -0.1) is 0 Å². The van der Waals surface area contributed by atoms with Gasteiger partial charge in [0.25, 0.3) is 0 Å². The van der Waals surface area contributed by atoms with Gasteiger partial charge in [-0.1, -0.05) is 72.0 Å². The molecule has 0 unspecified atom stereocenters. The second-order valence-corrected chi connectivity index (χ2v) is 8.19. The number of thiazole rings is 1. The Labute approximate surface area is 178 Å². The average molecular weight is 417 g/mol. The summed E-state index contributed by atoms with van der Waals surface area (Å²) in [5, 5.41) is 0.886. The van der Waals surface area contributed by atoms with Crippen molar-refractivity contribution in [1.82, 2.24) is 19.9 Å². The number of nitrogens with zero attached hydrogens (tertiary/aromatic N) is 4. The number of likely N-dealkylation sites (tertiary alicyclic amines) is 1. The Kier molecular flexibility index (Phi) is 5.11. The third-order valence-corrected chi connectivity index (χ3v) is 6.30. The van der Waals surface area contributed by atoms with E-state index >= 15 is 0 Å². The van der Waals surface area contributed by atoms with E-state index in [1.165, 1.54) is 11.3 Å². The Morgan fingerprint density at radius 1 is 1.07 bits per heavy atom. The monoisotopic (exact) mass is 416 g/mol. The maximum absolute atomic E-state index is 12.8. The number of carbonyl (C=O) groups is 1. The first kappa shape index (κ1) is 18.7. The average Bonchev–Trinajstić information content (AvgIpc) is 3.45. The van der Waals surface area contributed by atoms with Gasteiger partial charge in [-0.25, -0.2) is 19.7 Å². The summed E-state index contributed by atoms with van der Waals surface area (Å²) in [5.41, 5.74) is 3.59. The van der Waals surface area contributed by atoms with E-state index in [0.29, 0.717) is 6.54 Å². The molecule has 7 heteroatoms. The van der Waals surface area contributed by atoms with Gasteiger partial charge in [-0.2, -0.15) is 0 Å². The highest BCUT2D eigenvalue weighted by Gasteiger charge is 2.33. The normalized spacial score (nSPS) is 16.1. The lowest BCUT2D eigenvalue weighted by Gasteiger charge is -2.22. The molecule has 0 bridgehead atoms. The summed E-state index contributed by atoms with van der Waals surface area (Å²) in [6.45, 7) is 0.942. The second kappa shape index (κ2) is 8.20. The Hall–Kier alpha value is -3.32. The summed E-state index contributed by atoms with van der Waals surface area (Å²) in [5.74, 6) is 0. The lowest BCUT2D eigenvalue weighted by molar-refractivity contribution is 0.0920. The SMILES string of the molecule is O=C(OCc1ccccc1)N1CCC[C@H]1c1nc2c(-c3ccccc3)ncnc2s1. The smallest absolute Gasteiger partial charge is 0.410 e. The molecule has 2 aromatic heterocycles. The summed E-state index contributed by atoms with van der Waals surface area (Å²) in [7, 11) is 0. The number of benzene rings is 2. The fraction of sp³-hybridized carbons (Fsp3) is 0.217. The quantitative estimate of drug-likeness (QED) is 0.456. The molecule has 1 saturated heterocycles. The van der Waals surface area contributed by atoms with Crippen LogP contribution in [0.5, 0.6) is 0 Å². The largest absolute Gasteiger partial charge is 0.445 e. The van der Waals surface area contributed by atoms with E-state index < -0.39 is 0 Å². The van der Waals surface area contributed by atoms with Gasteiger partial charge < -0.3 is 4.74 Å². The molecular weight excluding hydrogens is 396 g/mol.